The van der Waals surface area contributed by atoms with Crippen LogP contribution in [0.2, 0.25) is 0 Å². The first kappa shape index (κ1) is 9.05. The van der Waals surface area contributed by atoms with Crippen LogP contribution in [0.1, 0.15) is 5.56 Å². The van der Waals surface area contributed by atoms with E-state index >= 15 is 0 Å². The minimum absolute atomic E-state index is 0.306. The van der Waals surface area contributed by atoms with E-state index in [1.807, 2.05) is 0 Å². The third-order valence-electron chi connectivity index (χ3n) is 1.35. The Morgan fingerprint density at radius 3 is 2.69 bits per heavy atom. The van der Waals surface area contributed by atoms with Crippen molar-refractivity contribution in [1.82, 2.24) is 0 Å². The molecule has 0 heterocycles. The third kappa shape index (κ3) is 2.48. The van der Waals surface area contributed by atoms with Crippen LogP contribution in [0.25, 0.3) is 0 Å². The largest absolute Gasteiger partial charge is 0.411 e. The Kier molecular flexibility index (Phi) is 2.49. The van der Waals surface area contributed by atoms with Gasteiger partial charge in [-0.2, -0.15) is 0 Å². The number of anilines is 1. The number of hydrogen-bond acceptors (Lipinski definition) is 4. The van der Waals surface area contributed by atoms with E-state index in [2.05, 4.69) is 4.74 Å². The van der Waals surface area contributed by atoms with Gasteiger partial charge in [-0.05, 0) is 18.2 Å². The molecule has 0 spiro atoms. The second kappa shape index (κ2) is 3.57. The summed E-state index contributed by atoms with van der Waals surface area (Å²) in [6, 6.07) is 6.44. The van der Waals surface area contributed by atoms with Crippen LogP contribution >= 0.6 is 0 Å². The Morgan fingerprint density at radius 1 is 1.46 bits per heavy atom. The molecule has 0 saturated carbocycles. The van der Waals surface area contributed by atoms with Gasteiger partial charge in [0.25, 0.3) is 0 Å². The highest BCUT2D eigenvalue weighted by molar-refractivity contribution is 5.98. The molecular formula is C8H9N3O2. The van der Waals surface area contributed by atoms with Crippen molar-refractivity contribution in [2.75, 3.05) is 5.73 Å². The lowest BCUT2D eigenvalue weighted by molar-refractivity contribution is 0.208. The molecule has 0 unspecified atom stereocenters. The van der Waals surface area contributed by atoms with Gasteiger partial charge < -0.3 is 16.2 Å². The van der Waals surface area contributed by atoms with Crippen LogP contribution in [0, 0.1) is 5.41 Å². The van der Waals surface area contributed by atoms with Gasteiger partial charge in [-0.25, -0.2) is 4.79 Å². The molecule has 13 heavy (non-hydrogen) atoms. The number of hydrogen-bond donors (Lipinski definition) is 3. The van der Waals surface area contributed by atoms with E-state index in [1.165, 1.54) is 6.07 Å². The number of primary amides is 1. The molecule has 0 aliphatic heterocycles. The van der Waals surface area contributed by atoms with Crippen LogP contribution < -0.4 is 11.5 Å². The Hall–Kier alpha value is -2.04. The van der Waals surface area contributed by atoms with Gasteiger partial charge >= 0.3 is 6.09 Å². The van der Waals surface area contributed by atoms with Gasteiger partial charge in [-0.15, -0.1) is 0 Å². The second-order valence-corrected chi connectivity index (χ2v) is 2.38. The fourth-order valence-electron chi connectivity index (χ4n) is 0.839. The third-order valence-corrected chi connectivity index (χ3v) is 1.35. The van der Waals surface area contributed by atoms with Gasteiger partial charge in [0.15, 0.2) is 0 Å². The van der Waals surface area contributed by atoms with E-state index < -0.39 is 6.09 Å². The summed E-state index contributed by atoms with van der Waals surface area (Å²) in [5, 5.41) is 7.28. The summed E-state index contributed by atoms with van der Waals surface area (Å²) < 4.78 is 4.36. The summed E-state index contributed by atoms with van der Waals surface area (Å²) >= 11 is 0. The Bertz CT molecular complexity index is 349. The van der Waals surface area contributed by atoms with Crippen LogP contribution in [0.3, 0.4) is 0 Å². The predicted octanol–water partition coefficient (Wildman–Crippen LogP) is 0.689. The van der Waals surface area contributed by atoms with E-state index in [9.17, 15) is 4.79 Å². The number of benzene rings is 1. The Balaban J connectivity index is 2.83. The van der Waals surface area contributed by atoms with Gasteiger partial charge in [0.1, 0.15) is 0 Å². The van der Waals surface area contributed by atoms with E-state index in [0.29, 0.717) is 11.3 Å². The van der Waals surface area contributed by atoms with Gasteiger partial charge in [0.05, 0.1) is 0 Å². The summed E-state index contributed by atoms with van der Waals surface area (Å²) in [4.78, 5) is 10.3. The number of carbonyl (C=O) groups is 1. The van der Waals surface area contributed by atoms with Gasteiger partial charge in [0, 0.05) is 11.3 Å². The van der Waals surface area contributed by atoms with E-state index in [4.69, 9.17) is 16.9 Å². The lowest BCUT2D eigenvalue weighted by atomic mass is 10.2. The summed E-state index contributed by atoms with van der Waals surface area (Å²) in [5.74, 6) is -0.306. The van der Waals surface area contributed by atoms with Crippen LogP contribution in [0.4, 0.5) is 10.5 Å². The Morgan fingerprint density at radius 2 is 2.15 bits per heavy atom. The van der Waals surface area contributed by atoms with E-state index in [-0.39, 0.29) is 5.90 Å². The molecule has 1 amide bonds. The van der Waals surface area contributed by atoms with Crippen molar-refractivity contribution in [3.63, 3.8) is 0 Å². The first-order chi connectivity index (χ1) is 6.09. The maximum Gasteiger partial charge on any atom is 0.411 e. The minimum Gasteiger partial charge on any atom is -0.399 e. The summed E-state index contributed by atoms with van der Waals surface area (Å²) in [7, 11) is 0. The second-order valence-electron chi connectivity index (χ2n) is 2.38. The average Bonchev–Trinajstić information content (AvgIpc) is 2.03. The SMILES string of the molecule is N=C(OC(N)=O)c1cccc(N)c1. The number of nitrogen functional groups attached to an aromatic ring is 1. The molecule has 0 bridgehead atoms. The molecule has 0 aromatic heterocycles. The highest BCUT2D eigenvalue weighted by Crippen LogP contribution is 2.07. The normalized spacial score (nSPS) is 9.23. The molecule has 1 aromatic carbocycles. The highest BCUT2D eigenvalue weighted by Gasteiger charge is 2.05. The molecule has 5 N–H and O–H groups in total. The first-order valence-electron chi connectivity index (χ1n) is 3.51. The van der Waals surface area contributed by atoms with Crippen molar-refractivity contribution in [1.29, 1.82) is 5.41 Å². The van der Waals surface area contributed by atoms with Crippen molar-refractivity contribution in [2.24, 2.45) is 5.73 Å². The fourth-order valence-corrected chi connectivity index (χ4v) is 0.839. The quantitative estimate of drug-likeness (QED) is 0.335. The number of nitrogens with two attached hydrogens (primary N) is 2. The average molecular weight is 179 g/mol. The minimum atomic E-state index is -1.01. The van der Waals surface area contributed by atoms with Crippen molar-refractivity contribution in [3.05, 3.63) is 29.8 Å². The molecule has 0 aliphatic carbocycles. The monoisotopic (exact) mass is 179 g/mol. The van der Waals surface area contributed by atoms with E-state index in [0.717, 1.165) is 0 Å². The molecule has 0 atom stereocenters. The maximum absolute atomic E-state index is 10.3. The number of carbonyl (C=O) groups excluding carboxylic acids is 1. The van der Waals surface area contributed by atoms with E-state index in [1.54, 1.807) is 18.2 Å². The summed E-state index contributed by atoms with van der Waals surface area (Å²) in [5.41, 5.74) is 11.1. The molecule has 1 rings (SSSR count). The molecule has 68 valence electrons. The zero-order valence-corrected chi connectivity index (χ0v) is 6.78. The maximum atomic E-state index is 10.3. The van der Waals surface area contributed by atoms with Crippen LogP contribution in [0.15, 0.2) is 24.3 Å². The lowest BCUT2D eigenvalue weighted by Crippen LogP contribution is -2.18. The van der Waals surface area contributed by atoms with Gasteiger partial charge in [-0.3, -0.25) is 5.41 Å². The first-order valence-corrected chi connectivity index (χ1v) is 3.51. The standard InChI is InChI=1S/C8H9N3O2/c9-6-3-1-2-5(4-6)7(10)13-8(11)12/h1-4,10H,9H2,(H2,11,12). The number of amides is 1. The number of rotatable bonds is 1. The molecular weight excluding hydrogens is 170 g/mol. The molecule has 0 saturated heterocycles. The van der Waals surface area contributed by atoms with Crippen molar-refractivity contribution < 1.29 is 9.53 Å². The molecule has 0 radical (unpaired) electrons. The zero-order chi connectivity index (χ0) is 9.84. The molecule has 0 aliphatic rings. The lowest BCUT2D eigenvalue weighted by Gasteiger charge is -2.02. The predicted molar refractivity (Wildman–Crippen MR) is 48.4 cm³/mol. The van der Waals surface area contributed by atoms with Crippen molar-refractivity contribution in [3.8, 4) is 0 Å². The highest BCUT2D eigenvalue weighted by atomic mass is 16.6. The summed E-state index contributed by atoms with van der Waals surface area (Å²) in [6.45, 7) is 0. The fraction of sp³-hybridized carbons (Fsp3) is 0. The summed E-state index contributed by atoms with van der Waals surface area (Å²) in [6.07, 6.45) is -1.01. The number of nitrogens with one attached hydrogen (secondary N) is 1. The molecule has 5 nitrogen and oxygen atoms in total. The zero-order valence-electron chi connectivity index (χ0n) is 6.78. The van der Waals surface area contributed by atoms with Crippen molar-refractivity contribution in [2.45, 2.75) is 0 Å². The molecule has 5 heteroatoms. The van der Waals surface area contributed by atoms with Crippen molar-refractivity contribution >= 4 is 17.7 Å². The Labute approximate surface area is 74.8 Å². The smallest absolute Gasteiger partial charge is 0.399 e. The van der Waals surface area contributed by atoms with Crippen LogP contribution in [-0.4, -0.2) is 12.0 Å². The van der Waals surface area contributed by atoms with Gasteiger partial charge in [0.2, 0.25) is 5.90 Å². The van der Waals surface area contributed by atoms with Gasteiger partial charge in [-0.1, -0.05) is 6.07 Å². The number of ether oxygens (including phenoxy) is 1. The molecule has 0 fully saturated rings. The molecule has 1 aromatic rings. The topological polar surface area (TPSA) is 102 Å². The van der Waals surface area contributed by atoms with Crippen LogP contribution in [0.5, 0.6) is 0 Å². The van der Waals surface area contributed by atoms with Crippen LogP contribution in [-0.2, 0) is 4.74 Å².